The average Bonchev–Trinajstić information content (AvgIpc) is 3.06. The quantitative estimate of drug-likeness (QED) is 0.574. The van der Waals surface area contributed by atoms with Gasteiger partial charge in [0, 0.05) is 19.6 Å². The topological polar surface area (TPSA) is 96.3 Å². The standard InChI is InChI=1S/C21H29NO4.CH2O2/c1-25-21(24)15-6-3-7-18(8-15)26-20-10-17-13-22(11-14-4-2-5-14)12-16(17)9-19(20)23;2-1-3/h3,6-8,14,16-17,19-20,23H,2,4-5,9-13H2,1H3;1H,(H,2,3)/t16-,17+,19+,20+;/m0./s1. The van der Waals surface area contributed by atoms with Crippen LogP contribution in [0.1, 0.15) is 42.5 Å². The number of aliphatic hydroxyl groups excluding tert-OH is 1. The number of methoxy groups -OCH3 is 1. The van der Waals surface area contributed by atoms with Crippen molar-refractivity contribution in [3.8, 4) is 5.75 Å². The summed E-state index contributed by atoms with van der Waals surface area (Å²) in [5, 5.41) is 17.5. The third kappa shape index (κ3) is 5.48. The lowest BCUT2D eigenvalue weighted by molar-refractivity contribution is -0.122. The third-order valence-electron chi connectivity index (χ3n) is 6.44. The Morgan fingerprint density at radius 1 is 1.24 bits per heavy atom. The van der Waals surface area contributed by atoms with Gasteiger partial charge >= 0.3 is 5.97 Å². The Balaban J connectivity index is 0.000000755. The summed E-state index contributed by atoms with van der Waals surface area (Å²) < 4.78 is 10.9. The largest absolute Gasteiger partial charge is 0.488 e. The van der Waals surface area contributed by atoms with Crippen molar-refractivity contribution < 1.29 is 29.3 Å². The molecule has 2 N–H and O–H groups in total. The normalized spacial score (nSPS) is 29.0. The minimum atomic E-state index is -0.443. The van der Waals surface area contributed by atoms with E-state index in [9.17, 15) is 9.90 Å². The van der Waals surface area contributed by atoms with E-state index >= 15 is 0 Å². The van der Waals surface area contributed by atoms with E-state index in [1.165, 1.54) is 32.9 Å². The van der Waals surface area contributed by atoms with Crippen LogP contribution in [-0.2, 0) is 9.53 Å². The van der Waals surface area contributed by atoms with Crippen LogP contribution in [-0.4, -0.2) is 66.5 Å². The molecule has 4 rings (SSSR count). The molecular formula is C22H31NO6. The van der Waals surface area contributed by atoms with Crippen LogP contribution < -0.4 is 4.74 Å². The molecule has 29 heavy (non-hydrogen) atoms. The number of nitrogens with zero attached hydrogens (tertiary/aromatic N) is 1. The minimum absolute atomic E-state index is 0.201. The Kier molecular flexibility index (Phi) is 7.50. The van der Waals surface area contributed by atoms with E-state index in [1.54, 1.807) is 18.2 Å². The summed E-state index contributed by atoms with van der Waals surface area (Å²) in [5.41, 5.74) is 0.473. The zero-order valence-corrected chi connectivity index (χ0v) is 16.9. The Labute approximate surface area is 171 Å². The number of benzene rings is 1. The first-order chi connectivity index (χ1) is 14.0. The first-order valence-electron chi connectivity index (χ1n) is 10.4. The molecule has 0 spiro atoms. The lowest BCUT2D eigenvalue weighted by Gasteiger charge is -2.35. The number of carbonyl (C=O) groups is 2. The van der Waals surface area contributed by atoms with Gasteiger partial charge in [-0.05, 0) is 61.6 Å². The highest BCUT2D eigenvalue weighted by Crippen LogP contribution is 2.39. The van der Waals surface area contributed by atoms with Crippen molar-refractivity contribution in [2.75, 3.05) is 26.7 Å². The monoisotopic (exact) mass is 405 g/mol. The minimum Gasteiger partial charge on any atom is -0.488 e. The van der Waals surface area contributed by atoms with Gasteiger partial charge in [-0.1, -0.05) is 12.5 Å². The van der Waals surface area contributed by atoms with Crippen LogP contribution in [0.3, 0.4) is 0 Å². The number of fused-ring (bicyclic) bond motifs is 1. The number of aliphatic hydroxyl groups is 1. The van der Waals surface area contributed by atoms with Crippen LogP contribution in [0, 0.1) is 17.8 Å². The lowest BCUT2D eigenvalue weighted by Crippen LogP contribution is -2.42. The van der Waals surface area contributed by atoms with E-state index < -0.39 is 6.10 Å². The highest BCUT2D eigenvalue weighted by molar-refractivity contribution is 5.89. The van der Waals surface area contributed by atoms with Gasteiger partial charge < -0.3 is 24.6 Å². The molecule has 4 atom stereocenters. The number of likely N-dealkylation sites (tertiary alicyclic amines) is 1. The second kappa shape index (κ2) is 10.1. The highest BCUT2D eigenvalue weighted by Gasteiger charge is 2.43. The van der Waals surface area contributed by atoms with Crippen LogP contribution in [0.2, 0.25) is 0 Å². The summed E-state index contributed by atoms with van der Waals surface area (Å²) in [6, 6.07) is 7.03. The van der Waals surface area contributed by atoms with Gasteiger partial charge in [0.15, 0.2) is 0 Å². The van der Waals surface area contributed by atoms with E-state index in [4.69, 9.17) is 19.4 Å². The number of hydrogen-bond donors (Lipinski definition) is 2. The molecule has 7 nitrogen and oxygen atoms in total. The van der Waals surface area contributed by atoms with Gasteiger partial charge in [0.05, 0.1) is 18.8 Å². The molecule has 1 heterocycles. The van der Waals surface area contributed by atoms with Crippen LogP contribution in [0.25, 0.3) is 0 Å². The smallest absolute Gasteiger partial charge is 0.337 e. The van der Waals surface area contributed by atoms with Crippen molar-refractivity contribution in [2.45, 2.75) is 44.3 Å². The van der Waals surface area contributed by atoms with Crippen molar-refractivity contribution in [2.24, 2.45) is 17.8 Å². The zero-order valence-electron chi connectivity index (χ0n) is 16.9. The van der Waals surface area contributed by atoms with Crippen molar-refractivity contribution in [1.82, 2.24) is 4.90 Å². The molecule has 1 aromatic carbocycles. The van der Waals surface area contributed by atoms with E-state index in [1.807, 2.05) is 6.07 Å². The van der Waals surface area contributed by atoms with Crippen LogP contribution in [0.5, 0.6) is 5.75 Å². The molecule has 0 bridgehead atoms. The fourth-order valence-electron chi connectivity index (χ4n) is 4.79. The van der Waals surface area contributed by atoms with Gasteiger partial charge in [0.2, 0.25) is 0 Å². The van der Waals surface area contributed by atoms with Crippen molar-refractivity contribution >= 4 is 12.4 Å². The predicted octanol–water partition coefficient (Wildman–Crippen LogP) is 2.42. The summed E-state index contributed by atoms with van der Waals surface area (Å²) in [6.07, 6.45) is 5.22. The molecule has 1 aliphatic heterocycles. The maximum Gasteiger partial charge on any atom is 0.337 e. The molecule has 1 aromatic rings. The van der Waals surface area contributed by atoms with E-state index in [2.05, 4.69) is 4.90 Å². The summed E-state index contributed by atoms with van der Waals surface area (Å²) in [4.78, 5) is 22.7. The number of carbonyl (C=O) groups excluding carboxylic acids is 1. The van der Waals surface area contributed by atoms with Crippen LogP contribution in [0.4, 0.5) is 0 Å². The predicted molar refractivity (Wildman–Crippen MR) is 107 cm³/mol. The highest BCUT2D eigenvalue weighted by atomic mass is 16.5. The number of esters is 1. The molecule has 3 fully saturated rings. The zero-order chi connectivity index (χ0) is 20.8. The number of rotatable bonds is 5. The van der Waals surface area contributed by atoms with E-state index in [0.717, 1.165) is 31.8 Å². The SMILES string of the molecule is COC(=O)c1cccc(O[C@@H]2C[C@@H]3CN(CC4CCC4)C[C@@H]3C[C@H]2O)c1.O=CO. The first-order valence-corrected chi connectivity index (χ1v) is 10.4. The second-order valence-electron chi connectivity index (χ2n) is 8.36. The van der Waals surface area contributed by atoms with Crippen LogP contribution >= 0.6 is 0 Å². The Morgan fingerprint density at radius 3 is 2.55 bits per heavy atom. The molecular weight excluding hydrogens is 374 g/mol. The molecule has 0 amide bonds. The fraction of sp³-hybridized carbons (Fsp3) is 0.636. The van der Waals surface area contributed by atoms with E-state index in [0.29, 0.717) is 23.1 Å². The summed E-state index contributed by atoms with van der Waals surface area (Å²) in [7, 11) is 1.37. The molecule has 2 aliphatic carbocycles. The molecule has 0 unspecified atom stereocenters. The Morgan fingerprint density at radius 2 is 1.93 bits per heavy atom. The second-order valence-corrected chi connectivity index (χ2v) is 8.36. The third-order valence-corrected chi connectivity index (χ3v) is 6.44. The molecule has 7 heteroatoms. The maximum absolute atomic E-state index is 11.7. The van der Waals surface area contributed by atoms with Crippen molar-refractivity contribution in [3.05, 3.63) is 29.8 Å². The molecule has 160 valence electrons. The number of hydrogen-bond acceptors (Lipinski definition) is 6. The fourth-order valence-corrected chi connectivity index (χ4v) is 4.79. The van der Waals surface area contributed by atoms with Gasteiger partial charge in [-0.2, -0.15) is 0 Å². The summed E-state index contributed by atoms with van der Waals surface area (Å²) in [6.45, 7) is 3.24. The lowest BCUT2D eigenvalue weighted by atomic mass is 9.78. The summed E-state index contributed by atoms with van der Waals surface area (Å²) >= 11 is 0. The molecule has 1 saturated heterocycles. The Bertz CT molecular complexity index is 692. The van der Waals surface area contributed by atoms with Gasteiger partial charge in [-0.15, -0.1) is 0 Å². The number of carboxylic acid groups (broad SMARTS) is 1. The Hall–Kier alpha value is -2.12. The molecule has 2 saturated carbocycles. The first kappa shape index (κ1) is 21.6. The summed E-state index contributed by atoms with van der Waals surface area (Å²) in [5.74, 6) is 2.34. The molecule has 0 radical (unpaired) electrons. The van der Waals surface area contributed by atoms with Gasteiger partial charge in [-0.3, -0.25) is 4.79 Å². The van der Waals surface area contributed by atoms with E-state index in [-0.39, 0.29) is 18.5 Å². The molecule has 0 aromatic heterocycles. The average molecular weight is 405 g/mol. The van der Waals surface area contributed by atoms with Gasteiger partial charge in [0.1, 0.15) is 11.9 Å². The molecule has 3 aliphatic rings. The van der Waals surface area contributed by atoms with Gasteiger partial charge in [-0.25, -0.2) is 4.79 Å². The number of ether oxygens (including phenoxy) is 2. The maximum atomic E-state index is 11.7. The van der Waals surface area contributed by atoms with Crippen molar-refractivity contribution in [1.29, 1.82) is 0 Å². The van der Waals surface area contributed by atoms with Crippen LogP contribution in [0.15, 0.2) is 24.3 Å². The van der Waals surface area contributed by atoms with Crippen molar-refractivity contribution in [3.63, 3.8) is 0 Å². The van der Waals surface area contributed by atoms with Gasteiger partial charge in [0.25, 0.3) is 6.47 Å².